The maximum absolute atomic E-state index is 4.08. The fourth-order valence-electron chi connectivity index (χ4n) is 1.25. The normalized spacial score (nSPS) is 12.8. The third-order valence-corrected chi connectivity index (χ3v) is 2.11. The number of nitrogens with zero attached hydrogens (tertiary/aromatic N) is 1. The molecule has 0 bridgehead atoms. The molecule has 1 N–H and O–H groups in total. The van der Waals surface area contributed by atoms with E-state index >= 15 is 0 Å². The van der Waals surface area contributed by atoms with Crippen LogP contribution in [0.5, 0.6) is 0 Å². The molecule has 0 fully saturated rings. The Morgan fingerprint density at radius 1 is 1.58 bits per heavy atom. The molecule has 1 unspecified atom stereocenters. The van der Waals surface area contributed by atoms with E-state index in [9.17, 15) is 0 Å². The van der Waals surface area contributed by atoms with Gasteiger partial charge in [0.1, 0.15) is 0 Å². The Kier molecular flexibility index (Phi) is 3.74. The van der Waals surface area contributed by atoms with Gasteiger partial charge >= 0.3 is 0 Å². The van der Waals surface area contributed by atoms with E-state index in [0.29, 0.717) is 6.04 Å². The van der Waals surface area contributed by atoms with Crippen molar-refractivity contribution < 1.29 is 0 Å². The second-order valence-corrected chi connectivity index (χ2v) is 2.96. The van der Waals surface area contributed by atoms with E-state index in [1.165, 1.54) is 5.56 Å². The van der Waals surface area contributed by atoms with Crippen molar-refractivity contribution in [2.45, 2.75) is 25.8 Å². The summed E-state index contributed by atoms with van der Waals surface area (Å²) in [5.41, 5.74) is 1.30. The van der Waals surface area contributed by atoms with Gasteiger partial charge in [0.25, 0.3) is 0 Å². The Morgan fingerprint density at radius 3 is 2.92 bits per heavy atom. The summed E-state index contributed by atoms with van der Waals surface area (Å²) in [6.07, 6.45) is 5.97. The lowest BCUT2D eigenvalue weighted by Gasteiger charge is -2.12. The molecule has 0 saturated carbocycles. The van der Waals surface area contributed by atoms with Crippen LogP contribution < -0.4 is 5.32 Å². The summed E-state index contributed by atoms with van der Waals surface area (Å²) in [6, 6.07) is 4.68. The fraction of sp³-hybridized carbons (Fsp3) is 0.500. The molecule has 0 saturated heterocycles. The first-order valence-electron chi connectivity index (χ1n) is 4.43. The van der Waals surface area contributed by atoms with Gasteiger partial charge in [-0.1, -0.05) is 13.0 Å². The Hall–Kier alpha value is -0.890. The van der Waals surface area contributed by atoms with Crippen molar-refractivity contribution >= 4 is 0 Å². The van der Waals surface area contributed by atoms with E-state index in [1.807, 2.05) is 25.5 Å². The van der Waals surface area contributed by atoms with Gasteiger partial charge in [0, 0.05) is 18.4 Å². The largest absolute Gasteiger partial charge is 0.317 e. The van der Waals surface area contributed by atoms with Gasteiger partial charge in [0.05, 0.1) is 0 Å². The van der Waals surface area contributed by atoms with Crippen LogP contribution in [0.25, 0.3) is 0 Å². The zero-order valence-electron chi connectivity index (χ0n) is 7.75. The monoisotopic (exact) mass is 164 g/mol. The highest BCUT2D eigenvalue weighted by molar-refractivity contribution is 5.09. The van der Waals surface area contributed by atoms with Gasteiger partial charge in [-0.3, -0.25) is 4.98 Å². The number of pyridine rings is 1. The minimum absolute atomic E-state index is 0.578. The van der Waals surface area contributed by atoms with Crippen molar-refractivity contribution in [3.05, 3.63) is 30.1 Å². The van der Waals surface area contributed by atoms with Gasteiger partial charge in [0.15, 0.2) is 0 Å². The molecule has 2 nitrogen and oxygen atoms in total. The summed E-state index contributed by atoms with van der Waals surface area (Å²) in [7, 11) is 2.00. The quantitative estimate of drug-likeness (QED) is 0.731. The fourth-order valence-corrected chi connectivity index (χ4v) is 1.25. The average Bonchev–Trinajstić information content (AvgIpc) is 2.16. The molecule has 1 aromatic heterocycles. The minimum Gasteiger partial charge on any atom is -0.317 e. The third kappa shape index (κ3) is 2.62. The van der Waals surface area contributed by atoms with Crippen molar-refractivity contribution in [1.29, 1.82) is 0 Å². The smallest absolute Gasteiger partial charge is 0.0300 e. The van der Waals surface area contributed by atoms with Crippen molar-refractivity contribution in [2.75, 3.05) is 7.05 Å². The first kappa shape index (κ1) is 9.20. The standard InChI is InChI=1S/C10H16N2/c1-3-10(11-2)7-9-5-4-6-12-8-9/h4-6,8,10-11H,3,7H2,1-2H3. The van der Waals surface area contributed by atoms with Gasteiger partial charge in [-0.25, -0.2) is 0 Å². The van der Waals surface area contributed by atoms with Crippen molar-refractivity contribution in [2.24, 2.45) is 0 Å². The molecule has 1 atom stereocenters. The molecule has 1 aromatic rings. The highest BCUT2D eigenvalue weighted by atomic mass is 14.9. The second kappa shape index (κ2) is 4.88. The number of nitrogens with one attached hydrogen (secondary N) is 1. The van der Waals surface area contributed by atoms with Crippen molar-refractivity contribution in [1.82, 2.24) is 10.3 Å². The lowest BCUT2D eigenvalue weighted by atomic mass is 10.1. The molecule has 12 heavy (non-hydrogen) atoms. The maximum Gasteiger partial charge on any atom is 0.0300 e. The third-order valence-electron chi connectivity index (χ3n) is 2.11. The summed E-state index contributed by atoms with van der Waals surface area (Å²) in [5, 5.41) is 3.27. The minimum atomic E-state index is 0.578. The molecule has 1 heterocycles. The van der Waals surface area contributed by atoms with Gasteiger partial charge in [-0.2, -0.15) is 0 Å². The summed E-state index contributed by atoms with van der Waals surface area (Å²) >= 11 is 0. The van der Waals surface area contributed by atoms with Crippen molar-refractivity contribution in [3.63, 3.8) is 0 Å². The highest BCUT2D eigenvalue weighted by Crippen LogP contribution is 2.02. The first-order valence-corrected chi connectivity index (χ1v) is 4.43. The number of hydrogen-bond acceptors (Lipinski definition) is 2. The van der Waals surface area contributed by atoms with E-state index in [2.05, 4.69) is 23.3 Å². The molecule has 0 aliphatic heterocycles. The molecule has 0 aliphatic carbocycles. The van der Waals surface area contributed by atoms with Crippen LogP contribution in [0.3, 0.4) is 0 Å². The van der Waals surface area contributed by atoms with Gasteiger partial charge in [-0.15, -0.1) is 0 Å². The van der Waals surface area contributed by atoms with Crippen LogP contribution in [-0.2, 0) is 6.42 Å². The molecule has 2 heteroatoms. The van der Waals surface area contributed by atoms with Crippen LogP contribution in [0.4, 0.5) is 0 Å². The van der Waals surface area contributed by atoms with Crippen LogP contribution >= 0.6 is 0 Å². The second-order valence-electron chi connectivity index (χ2n) is 2.96. The van der Waals surface area contributed by atoms with E-state index in [-0.39, 0.29) is 0 Å². The maximum atomic E-state index is 4.08. The zero-order valence-corrected chi connectivity index (χ0v) is 7.75. The van der Waals surface area contributed by atoms with Crippen LogP contribution in [0.1, 0.15) is 18.9 Å². The molecule has 0 aliphatic rings. The van der Waals surface area contributed by atoms with Gasteiger partial charge in [0.2, 0.25) is 0 Å². The molecule has 66 valence electrons. The molecule has 0 spiro atoms. The Bertz CT molecular complexity index is 204. The molecule has 0 amide bonds. The summed E-state index contributed by atoms with van der Waals surface area (Å²) in [5.74, 6) is 0. The predicted molar refractivity (Wildman–Crippen MR) is 51.1 cm³/mol. The number of hydrogen-bond donors (Lipinski definition) is 1. The van der Waals surface area contributed by atoms with E-state index in [4.69, 9.17) is 0 Å². The van der Waals surface area contributed by atoms with Crippen LogP contribution in [0.2, 0.25) is 0 Å². The number of likely N-dealkylation sites (N-methyl/N-ethyl adjacent to an activating group) is 1. The van der Waals surface area contributed by atoms with Crippen LogP contribution in [0, 0.1) is 0 Å². The highest BCUT2D eigenvalue weighted by Gasteiger charge is 2.02. The molecule has 0 radical (unpaired) electrons. The molecule has 0 aromatic carbocycles. The van der Waals surface area contributed by atoms with E-state index in [0.717, 1.165) is 12.8 Å². The Morgan fingerprint density at radius 2 is 2.42 bits per heavy atom. The summed E-state index contributed by atoms with van der Waals surface area (Å²) in [4.78, 5) is 4.08. The predicted octanol–water partition coefficient (Wildman–Crippen LogP) is 1.62. The summed E-state index contributed by atoms with van der Waals surface area (Å²) < 4.78 is 0. The molecule has 1 rings (SSSR count). The number of aromatic nitrogens is 1. The van der Waals surface area contributed by atoms with Gasteiger partial charge in [-0.05, 0) is 31.5 Å². The number of rotatable bonds is 4. The average molecular weight is 164 g/mol. The SMILES string of the molecule is CCC(Cc1cccnc1)NC. The lowest BCUT2D eigenvalue weighted by Crippen LogP contribution is -2.26. The van der Waals surface area contributed by atoms with Gasteiger partial charge < -0.3 is 5.32 Å². The zero-order chi connectivity index (χ0) is 8.81. The van der Waals surface area contributed by atoms with Crippen molar-refractivity contribution in [3.8, 4) is 0 Å². The lowest BCUT2D eigenvalue weighted by molar-refractivity contribution is 0.542. The van der Waals surface area contributed by atoms with Crippen LogP contribution in [0.15, 0.2) is 24.5 Å². The molecular weight excluding hydrogens is 148 g/mol. The van der Waals surface area contributed by atoms with E-state index in [1.54, 1.807) is 0 Å². The topological polar surface area (TPSA) is 24.9 Å². The first-order chi connectivity index (χ1) is 5.86. The Labute approximate surface area is 74.0 Å². The molecular formula is C10H16N2. The van der Waals surface area contributed by atoms with Crippen LogP contribution in [-0.4, -0.2) is 18.1 Å². The summed E-state index contributed by atoms with van der Waals surface area (Å²) in [6.45, 7) is 2.19. The van der Waals surface area contributed by atoms with E-state index < -0.39 is 0 Å². The Balaban J connectivity index is 2.51.